The summed E-state index contributed by atoms with van der Waals surface area (Å²) in [6.45, 7) is 3.11. The van der Waals surface area contributed by atoms with Crippen molar-refractivity contribution in [3.63, 3.8) is 0 Å². The molecule has 12 heteroatoms. The summed E-state index contributed by atoms with van der Waals surface area (Å²) in [5, 5.41) is 14.4. The first kappa shape index (κ1) is 21.6. The van der Waals surface area contributed by atoms with Gasteiger partial charge in [0.15, 0.2) is 0 Å². The Bertz CT molecular complexity index is 1350. The summed E-state index contributed by atoms with van der Waals surface area (Å²) in [6, 6.07) is 1.43. The summed E-state index contributed by atoms with van der Waals surface area (Å²) in [5.41, 5.74) is -0.00219. The van der Waals surface area contributed by atoms with E-state index in [9.17, 15) is 23.1 Å². The van der Waals surface area contributed by atoms with Crippen LogP contribution >= 0.6 is 0 Å². The Morgan fingerprint density at radius 1 is 1.06 bits per heavy atom. The Labute approximate surface area is 179 Å². The van der Waals surface area contributed by atoms with E-state index < -0.39 is 23.2 Å². The van der Waals surface area contributed by atoms with Crippen LogP contribution in [0.5, 0.6) is 0 Å². The monoisotopic (exact) mass is 445 g/mol. The number of aryl methyl sites for hydroxylation is 1. The van der Waals surface area contributed by atoms with Gasteiger partial charge in [-0.1, -0.05) is 0 Å². The lowest BCUT2D eigenvalue weighted by Gasteiger charge is -2.18. The molecule has 0 atom stereocenters. The Kier molecular flexibility index (Phi) is 5.04. The van der Waals surface area contributed by atoms with E-state index in [0.29, 0.717) is 16.8 Å². The predicted molar refractivity (Wildman–Crippen MR) is 108 cm³/mol. The number of pyridine rings is 1. The maximum absolute atomic E-state index is 13.1. The van der Waals surface area contributed by atoms with Crippen LogP contribution in [0.4, 0.5) is 13.2 Å². The third kappa shape index (κ3) is 4.21. The molecule has 0 amide bonds. The maximum atomic E-state index is 13.1. The molecule has 0 unspecified atom stereocenters. The fourth-order valence-corrected chi connectivity index (χ4v) is 3.20. The molecule has 0 aliphatic rings. The van der Waals surface area contributed by atoms with E-state index in [4.69, 9.17) is 0 Å². The summed E-state index contributed by atoms with van der Waals surface area (Å²) in [5.74, 6) is -1.27. The van der Waals surface area contributed by atoms with Crippen molar-refractivity contribution >= 4 is 10.9 Å². The van der Waals surface area contributed by atoms with Crippen molar-refractivity contribution in [3.05, 3.63) is 53.4 Å². The molecule has 0 bridgehead atoms. The van der Waals surface area contributed by atoms with Crippen LogP contribution in [0, 0.1) is 0 Å². The SMILES string of the molecule is Cn1cc(-c2nc(-c3cnc(C(F)(F)F)nc3)cc3c(=O)n(CC(C)(C)O)cnc23)cn1. The van der Waals surface area contributed by atoms with Gasteiger partial charge >= 0.3 is 6.18 Å². The Morgan fingerprint density at radius 3 is 2.31 bits per heavy atom. The number of hydrogen-bond donors (Lipinski definition) is 1. The van der Waals surface area contributed by atoms with E-state index in [-0.39, 0.29) is 23.2 Å². The molecule has 166 valence electrons. The molecule has 32 heavy (non-hydrogen) atoms. The second kappa shape index (κ2) is 7.48. The molecule has 0 aliphatic heterocycles. The van der Waals surface area contributed by atoms with Gasteiger partial charge in [0.05, 0.1) is 35.8 Å². The third-order valence-electron chi connectivity index (χ3n) is 4.55. The molecular weight excluding hydrogens is 427 g/mol. The van der Waals surface area contributed by atoms with Crippen molar-refractivity contribution in [2.24, 2.45) is 7.05 Å². The van der Waals surface area contributed by atoms with Crippen LogP contribution in [-0.2, 0) is 19.8 Å². The minimum absolute atomic E-state index is 0.00194. The van der Waals surface area contributed by atoms with Crippen molar-refractivity contribution in [1.29, 1.82) is 0 Å². The van der Waals surface area contributed by atoms with Crippen LogP contribution in [0.1, 0.15) is 19.7 Å². The number of fused-ring (bicyclic) bond motifs is 1. The predicted octanol–water partition coefficient (Wildman–Crippen LogP) is 2.44. The standard InChI is InChI=1S/C20H18F3N7O2/c1-19(2,32)9-30-10-26-16-13(17(30)31)4-14(28-15(16)12-7-27-29(3)8-12)11-5-24-18(25-6-11)20(21,22)23/h4-8,10,32H,9H2,1-3H3. The lowest BCUT2D eigenvalue weighted by atomic mass is 10.1. The van der Waals surface area contributed by atoms with Gasteiger partial charge in [0, 0.05) is 36.8 Å². The van der Waals surface area contributed by atoms with E-state index in [0.717, 1.165) is 12.4 Å². The summed E-state index contributed by atoms with van der Waals surface area (Å²) < 4.78 is 41.3. The first-order chi connectivity index (χ1) is 14.9. The molecule has 1 N–H and O–H groups in total. The minimum atomic E-state index is -4.68. The van der Waals surface area contributed by atoms with E-state index >= 15 is 0 Å². The minimum Gasteiger partial charge on any atom is -0.389 e. The van der Waals surface area contributed by atoms with E-state index in [1.807, 2.05) is 0 Å². The summed E-state index contributed by atoms with van der Waals surface area (Å²) in [6.07, 6.45) is 1.87. The topological polar surface area (TPSA) is 112 Å². The number of aromatic nitrogens is 7. The van der Waals surface area contributed by atoms with Crippen molar-refractivity contribution in [2.75, 3.05) is 0 Å². The molecule has 4 rings (SSSR count). The largest absolute Gasteiger partial charge is 0.451 e. The molecular formula is C20H18F3N7O2. The third-order valence-corrected chi connectivity index (χ3v) is 4.55. The van der Waals surface area contributed by atoms with Crippen molar-refractivity contribution in [2.45, 2.75) is 32.2 Å². The molecule has 9 nitrogen and oxygen atoms in total. The number of rotatable bonds is 4. The van der Waals surface area contributed by atoms with Gasteiger partial charge in [0.1, 0.15) is 11.2 Å². The van der Waals surface area contributed by atoms with Crippen LogP contribution in [0.15, 0.2) is 42.0 Å². The van der Waals surface area contributed by atoms with Gasteiger partial charge in [0.25, 0.3) is 5.56 Å². The van der Waals surface area contributed by atoms with E-state index in [1.54, 1.807) is 38.0 Å². The highest BCUT2D eigenvalue weighted by atomic mass is 19.4. The van der Waals surface area contributed by atoms with Gasteiger partial charge in [-0.2, -0.15) is 18.3 Å². The fraction of sp³-hybridized carbons (Fsp3) is 0.300. The number of alkyl halides is 3. The second-order valence-electron chi connectivity index (χ2n) is 7.94. The van der Waals surface area contributed by atoms with Crippen molar-refractivity contribution < 1.29 is 18.3 Å². The van der Waals surface area contributed by atoms with Crippen LogP contribution < -0.4 is 5.56 Å². The lowest BCUT2D eigenvalue weighted by molar-refractivity contribution is -0.144. The zero-order chi connectivity index (χ0) is 23.3. The van der Waals surface area contributed by atoms with Crippen molar-refractivity contribution in [3.8, 4) is 22.5 Å². The van der Waals surface area contributed by atoms with E-state index in [1.165, 1.54) is 17.0 Å². The van der Waals surface area contributed by atoms with Gasteiger partial charge in [-0.3, -0.25) is 14.0 Å². The highest BCUT2D eigenvalue weighted by Gasteiger charge is 2.34. The number of halogens is 3. The lowest BCUT2D eigenvalue weighted by Crippen LogP contribution is -2.33. The molecule has 4 heterocycles. The van der Waals surface area contributed by atoms with Crippen LogP contribution in [0.3, 0.4) is 0 Å². The molecule has 0 aromatic carbocycles. The van der Waals surface area contributed by atoms with Gasteiger partial charge in [-0.25, -0.2) is 19.9 Å². The van der Waals surface area contributed by atoms with Gasteiger partial charge in [-0.15, -0.1) is 0 Å². The normalized spacial score (nSPS) is 12.5. The first-order valence-electron chi connectivity index (χ1n) is 9.43. The smallest absolute Gasteiger partial charge is 0.389 e. The molecule has 4 aromatic heterocycles. The summed E-state index contributed by atoms with van der Waals surface area (Å²) >= 11 is 0. The van der Waals surface area contributed by atoms with Gasteiger partial charge < -0.3 is 5.11 Å². The Balaban J connectivity index is 1.95. The molecule has 0 fully saturated rings. The quantitative estimate of drug-likeness (QED) is 0.514. The Hall–Kier alpha value is -3.67. The van der Waals surface area contributed by atoms with Gasteiger partial charge in [0.2, 0.25) is 5.82 Å². The average Bonchev–Trinajstić information content (AvgIpc) is 3.14. The van der Waals surface area contributed by atoms with Crippen LogP contribution in [0.25, 0.3) is 33.4 Å². The second-order valence-corrected chi connectivity index (χ2v) is 7.94. The van der Waals surface area contributed by atoms with E-state index in [2.05, 4.69) is 25.0 Å². The first-order valence-corrected chi connectivity index (χ1v) is 9.43. The molecule has 0 saturated heterocycles. The van der Waals surface area contributed by atoms with Crippen molar-refractivity contribution in [1.82, 2.24) is 34.3 Å². The summed E-state index contributed by atoms with van der Waals surface area (Å²) in [4.78, 5) is 28.8. The summed E-state index contributed by atoms with van der Waals surface area (Å²) in [7, 11) is 1.71. The number of nitrogens with zero attached hydrogens (tertiary/aromatic N) is 7. The average molecular weight is 445 g/mol. The molecule has 0 radical (unpaired) electrons. The van der Waals surface area contributed by atoms with Crippen LogP contribution in [0.2, 0.25) is 0 Å². The van der Waals surface area contributed by atoms with Gasteiger partial charge in [-0.05, 0) is 19.9 Å². The highest BCUT2D eigenvalue weighted by molar-refractivity contribution is 5.93. The van der Waals surface area contributed by atoms with Crippen LogP contribution in [-0.4, -0.2) is 45.0 Å². The maximum Gasteiger partial charge on any atom is 0.451 e. The molecule has 0 aliphatic carbocycles. The zero-order valence-corrected chi connectivity index (χ0v) is 17.3. The molecule has 4 aromatic rings. The highest BCUT2D eigenvalue weighted by Crippen LogP contribution is 2.30. The Morgan fingerprint density at radius 2 is 1.75 bits per heavy atom. The number of hydrogen-bond acceptors (Lipinski definition) is 7. The fourth-order valence-electron chi connectivity index (χ4n) is 3.20. The molecule has 0 saturated carbocycles. The zero-order valence-electron chi connectivity index (χ0n) is 17.3. The number of aliphatic hydroxyl groups is 1. The molecule has 0 spiro atoms.